The molecule has 2 aliphatic heterocycles. The molecule has 6 rings (SSSR count). The lowest BCUT2D eigenvalue weighted by Crippen LogP contribution is -2.60. The summed E-state index contributed by atoms with van der Waals surface area (Å²) < 4.78 is 5.81. The summed E-state index contributed by atoms with van der Waals surface area (Å²) in [5.74, 6) is 1.13. The van der Waals surface area contributed by atoms with Crippen LogP contribution < -0.4 is 5.43 Å². The minimum absolute atomic E-state index is 0.0301. The molecule has 3 fully saturated rings. The van der Waals surface area contributed by atoms with Gasteiger partial charge in [-0.1, -0.05) is 6.92 Å². The zero-order valence-electron chi connectivity index (χ0n) is 13.0. The molecule has 2 saturated heterocycles. The van der Waals surface area contributed by atoms with Crippen molar-refractivity contribution in [1.82, 2.24) is 0 Å². The molecule has 22 heavy (non-hydrogen) atoms. The lowest BCUT2D eigenvalue weighted by atomic mass is 9.50. The fourth-order valence-electron chi connectivity index (χ4n) is 6.01. The molecule has 1 saturated carbocycles. The highest BCUT2D eigenvalue weighted by Gasteiger charge is 2.67. The van der Waals surface area contributed by atoms with E-state index in [-0.39, 0.29) is 28.8 Å². The lowest BCUT2D eigenvalue weighted by Gasteiger charge is -2.57. The first-order valence-corrected chi connectivity index (χ1v) is 8.40. The van der Waals surface area contributed by atoms with Gasteiger partial charge in [-0.05, 0) is 72.9 Å². The Labute approximate surface area is 129 Å². The topological polar surface area (TPSA) is 43.4 Å². The summed E-state index contributed by atoms with van der Waals surface area (Å²) in [6.07, 6.45) is 3.73. The van der Waals surface area contributed by atoms with Crippen molar-refractivity contribution in [3.63, 3.8) is 0 Å². The van der Waals surface area contributed by atoms with Crippen LogP contribution in [0.3, 0.4) is 0 Å². The van der Waals surface area contributed by atoms with Crippen molar-refractivity contribution in [2.45, 2.75) is 51.6 Å². The van der Waals surface area contributed by atoms with Crippen molar-refractivity contribution in [1.29, 1.82) is 0 Å². The van der Waals surface area contributed by atoms with E-state index in [0.29, 0.717) is 11.8 Å². The fourth-order valence-corrected chi connectivity index (χ4v) is 6.01. The van der Waals surface area contributed by atoms with Gasteiger partial charge in [0.15, 0.2) is 5.43 Å². The van der Waals surface area contributed by atoms with E-state index in [9.17, 15) is 9.59 Å². The normalized spacial score (nSPS) is 40.4. The second kappa shape index (κ2) is 3.81. The molecule has 0 unspecified atom stereocenters. The number of rotatable bonds is 0. The molecule has 3 heteroatoms. The van der Waals surface area contributed by atoms with Gasteiger partial charge in [-0.2, -0.15) is 0 Å². The predicted molar refractivity (Wildman–Crippen MR) is 81.8 cm³/mol. The Morgan fingerprint density at radius 3 is 2.86 bits per heavy atom. The number of fused-ring (bicyclic) bond motifs is 2. The minimum atomic E-state index is -0.332. The Hall–Kier alpha value is -1.64. The standard InChI is InChI=1S/C19H20O3/c1-9-5-12(20)7-11-3-4-19-10(2)6-15(22-18(19)21)14-8-13(9)16(11)17(14)19/h5,7,10,14-15,17H,3-4,6,8H2,1-2H3/t10-,14-,15+,17+,19-/m1/s1. The van der Waals surface area contributed by atoms with E-state index < -0.39 is 0 Å². The maximum absolute atomic E-state index is 12.7. The number of ether oxygens (including phenoxy) is 1. The van der Waals surface area contributed by atoms with Crippen LogP contribution in [-0.2, 0) is 22.4 Å². The Morgan fingerprint density at radius 2 is 2.09 bits per heavy atom. The third kappa shape index (κ3) is 1.26. The van der Waals surface area contributed by atoms with Crippen LogP contribution in [0.2, 0.25) is 0 Å². The van der Waals surface area contributed by atoms with Gasteiger partial charge in [-0.25, -0.2) is 0 Å². The summed E-state index contributed by atoms with van der Waals surface area (Å²) in [4.78, 5) is 24.8. The van der Waals surface area contributed by atoms with Gasteiger partial charge in [-0.15, -0.1) is 0 Å². The summed E-state index contributed by atoms with van der Waals surface area (Å²) in [6, 6.07) is 3.59. The average molecular weight is 296 g/mol. The van der Waals surface area contributed by atoms with E-state index in [1.807, 2.05) is 13.0 Å². The number of hydrogen-bond donors (Lipinski definition) is 0. The fraction of sp³-hybridized carbons (Fsp3) is 0.579. The molecule has 1 aromatic rings. The highest BCUT2D eigenvalue weighted by molar-refractivity contribution is 5.82. The zero-order chi connectivity index (χ0) is 15.2. The molecule has 0 amide bonds. The Morgan fingerprint density at radius 1 is 1.27 bits per heavy atom. The molecule has 0 aromatic heterocycles. The quantitative estimate of drug-likeness (QED) is 0.691. The third-order valence-electron chi connectivity index (χ3n) is 6.95. The first-order valence-electron chi connectivity index (χ1n) is 8.40. The zero-order valence-corrected chi connectivity index (χ0v) is 13.0. The van der Waals surface area contributed by atoms with Crippen LogP contribution in [0.5, 0.6) is 0 Å². The van der Waals surface area contributed by atoms with E-state index in [0.717, 1.165) is 31.2 Å². The first kappa shape index (κ1) is 12.9. The van der Waals surface area contributed by atoms with Gasteiger partial charge in [0, 0.05) is 11.8 Å². The van der Waals surface area contributed by atoms with Crippen LogP contribution in [-0.4, -0.2) is 12.1 Å². The van der Waals surface area contributed by atoms with Crippen LogP contribution in [0.4, 0.5) is 0 Å². The first-order chi connectivity index (χ1) is 10.5. The summed E-state index contributed by atoms with van der Waals surface area (Å²) in [6.45, 7) is 4.27. The van der Waals surface area contributed by atoms with Crippen LogP contribution in [0.1, 0.15) is 47.9 Å². The Kier molecular flexibility index (Phi) is 2.23. The summed E-state index contributed by atoms with van der Waals surface area (Å²) in [5, 5.41) is 0. The van der Waals surface area contributed by atoms with Crippen molar-refractivity contribution < 1.29 is 9.53 Å². The van der Waals surface area contributed by atoms with E-state index >= 15 is 0 Å². The van der Waals surface area contributed by atoms with Crippen LogP contribution in [0, 0.1) is 24.2 Å². The Bertz CT molecular complexity index is 781. The highest BCUT2D eigenvalue weighted by atomic mass is 16.5. The van der Waals surface area contributed by atoms with E-state index in [4.69, 9.17) is 4.74 Å². The molecule has 0 N–H and O–H groups in total. The monoisotopic (exact) mass is 296 g/mol. The van der Waals surface area contributed by atoms with Gasteiger partial charge in [-0.3, -0.25) is 9.59 Å². The molecule has 1 aromatic carbocycles. The van der Waals surface area contributed by atoms with Gasteiger partial charge in [0.2, 0.25) is 0 Å². The van der Waals surface area contributed by atoms with Crippen LogP contribution >= 0.6 is 0 Å². The molecule has 3 nitrogen and oxygen atoms in total. The smallest absolute Gasteiger partial charge is 0.313 e. The molecule has 1 spiro atoms. The molecule has 3 aliphatic carbocycles. The largest absolute Gasteiger partial charge is 0.462 e. The van der Waals surface area contributed by atoms with Crippen molar-refractivity contribution in [2.24, 2.45) is 17.3 Å². The molecule has 114 valence electrons. The molecular formula is C19H20O3. The number of hydrogen-bond acceptors (Lipinski definition) is 3. The maximum atomic E-state index is 12.7. The van der Waals surface area contributed by atoms with Crippen molar-refractivity contribution in [3.8, 4) is 0 Å². The second-order valence-corrected chi connectivity index (χ2v) is 7.76. The molecular weight excluding hydrogens is 276 g/mol. The number of carbonyl (C=O) groups is 1. The van der Waals surface area contributed by atoms with Gasteiger partial charge < -0.3 is 4.74 Å². The van der Waals surface area contributed by atoms with Crippen LogP contribution in [0.15, 0.2) is 16.9 Å². The van der Waals surface area contributed by atoms with Gasteiger partial charge in [0.25, 0.3) is 0 Å². The average Bonchev–Trinajstić information content (AvgIpc) is 2.82. The minimum Gasteiger partial charge on any atom is -0.462 e. The van der Waals surface area contributed by atoms with Gasteiger partial charge in [0.05, 0.1) is 5.41 Å². The maximum Gasteiger partial charge on any atom is 0.313 e. The Balaban J connectivity index is 1.86. The number of esters is 1. The van der Waals surface area contributed by atoms with Gasteiger partial charge in [0.1, 0.15) is 6.10 Å². The molecule has 2 heterocycles. The second-order valence-electron chi connectivity index (χ2n) is 7.76. The number of carbonyl (C=O) groups excluding carboxylic acids is 1. The number of aryl methyl sites for hydroxylation is 2. The highest BCUT2D eigenvalue weighted by Crippen LogP contribution is 2.66. The van der Waals surface area contributed by atoms with E-state index in [1.54, 1.807) is 6.07 Å². The van der Waals surface area contributed by atoms with Crippen molar-refractivity contribution >= 4 is 5.97 Å². The predicted octanol–water partition coefficient (Wildman–Crippen LogP) is 2.51. The van der Waals surface area contributed by atoms with Crippen molar-refractivity contribution in [3.05, 3.63) is 44.6 Å². The van der Waals surface area contributed by atoms with Crippen molar-refractivity contribution in [2.75, 3.05) is 0 Å². The molecule has 5 atom stereocenters. The summed E-state index contributed by atoms with van der Waals surface area (Å²) in [5.41, 5.74) is 4.72. The summed E-state index contributed by atoms with van der Waals surface area (Å²) >= 11 is 0. The lowest BCUT2D eigenvalue weighted by molar-refractivity contribution is -0.207. The molecule has 2 bridgehead atoms. The third-order valence-corrected chi connectivity index (χ3v) is 6.95. The van der Waals surface area contributed by atoms with Gasteiger partial charge >= 0.3 is 5.97 Å². The molecule has 5 aliphatic rings. The van der Waals surface area contributed by atoms with E-state index in [1.165, 1.54) is 16.7 Å². The summed E-state index contributed by atoms with van der Waals surface area (Å²) in [7, 11) is 0. The molecule has 0 radical (unpaired) electrons. The van der Waals surface area contributed by atoms with Crippen LogP contribution in [0.25, 0.3) is 0 Å². The van der Waals surface area contributed by atoms with E-state index in [2.05, 4.69) is 6.92 Å². The SMILES string of the molecule is Cc1cc(=O)cc2c3c1C[C@@H]1[C@@H]4C[C@@H](C)[C@@](CC2)(C(=O)O4)[C@H]31.